The van der Waals surface area contributed by atoms with Crippen molar-refractivity contribution >= 4 is 22.0 Å². The number of pyridine rings is 1. The van der Waals surface area contributed by atoms with Crippen LogP contribution in [0.3, 0.4) is 0 Å². The van der Waals surface area contributed by atoms with Gasteiger partial charge in [0.15, 0.2) is 0 Å². The molecule has 0 saturated heterocycles. The van der Waals surface area contributed by atoms with E-state index in [0.717, 1.165) is 11.1 Å². The van der Waals surface area contributed by atoms with Crippen molar-refractivity contribution in [2.75, 3.05) is 26.7 Å². The van der Waals surface area contributed by atoms with E-state index in [4.69, 9.17) is 4.74 Å². The maximum atomic E-state index is 13.4. The number of rotatable bonds is 7. The van der Waals surface area contributed by atoms with Crippen molar-refractivity contribution in [2.24, 2.45) is 5.92 Å². The number of amides is 1. The van der Waals surface area contributed by atoms with Crippen LogP contribution in [0.4, 0.5) is 0 Å². The Morgan fingerprint density at radius 2 is 2.00 bits per heavy atom. The summed E-state index contributed by atoms with van der Waals surface area (Å²) in [5.74, 6) is -0.341. The molecule has 0 unspecified atom stereocenters. The smallest absolute Gasteiger partial charge is 0.259 e. The first-order valence-corrected chi connectivity index (χ1v) is 12.8. The lowest BCUT2D eigenvalue weighted by Crippen LogP contribution is -2.50. The average Bonchev–Trinajstić information content (AvgIpc) is 2.81. The molecule has 3 atom stereocenters. The van der Waals surface area contributed by atoms with E-state index in [1.807, 2.05) is 32.9 Å². The van der Waals surface area contributed by atoms with Crippen molar-refractivity contribution in [3.63, 3.8) is 0 Å². The zero-order chi connectivity index (χ0) is 25.0. The monoisotopic (exact) mass is 487 g/mol. The molecule has 3 rings (SSSR count). The average molecular weight is 488 g/mol. The highest BCUT2D eigenvalue weighted by Gasteiger charge is 2.35. The van der Waals surface area contributed by atoms with Gasteiger partial charge in [0, 0.05) is 25.7 Å². The lowest BCUT2D eigenvalue weighted by atomic mass is 10.00. The second-order valence-corrected chi connectivity index (χ2v) is 10.9. The topological polar surface area (TPSA) is 100 Å². The molecule has 0 spiro atoms. The summed E-state index contributed by atoms with van der Waals surface area (Å²) in [7, 11) is -2.21. The lowest BCUT2D eigenvalue weighted by Gasteiger charge is -2.37. The number of fused-ring (bicyclic) bond motifs is 1. The van der Waals surface area contributed by atoms with E-state index in [1.165, 1.54) is 11.4 Å². The van der Waals surface area contributed by atoms with Crippen LogP contribution in [0.15, 0.2) is 47.5 Å². The molecule has 1 aromatic carbocycles. The number of aliphatic hydroxyl groups is 1. The zero-order valence-electron chi connectivity index (χ0n) is 20.3. The summed E-state index contributed by atoms with van der Waals surface area (Å²) in [6.07, 6.45) is 4.73. The summed E-state index contributed by atoms with van der Waals surface area (Å²) in [6, 6.07) is 8.00. The molecule has 8 nitrogen and oxygen atoms in total. The molecule has 1 aliphatic rings. The van der Waals surface area contributed by atoms with E-state index < -0.39 is 22.2 Å². The molecule has 0 saturated carbocycles. The number of allylic oxidation sites excluding steroid dienone is 1. The van der Waals surface area contributed by atoms with Crippen LogP contribution < -0.4 is 4.74 Å². The van der Waals surface area contributed by atoms with Gasteiger partial charge >= 0.3 is 0 Å². The first kappa shape index (κ1) is 25.9. The molecule has 34 heavy (non-hydrogen) atoms. The van der Waals surface area contributed by atoms with Crippen molar-refractivity contribution in [3.8, 4) is 5.88 Å². The van der Waals surface area contributed by atoms with Gasteiger partial charge in [-0.3, -0.25) is 4.79 Å². The standard InChI is InChI=1S/C25H33N3O5S/c1-6-7-20-12-22-24(26-13-20)33-23(18(3)14-28(25(22)30)19(4)16-29)15-27(5)34(31,32)21-10-8-17(2)9-11-21/h6-13,18-19,23,29H,14-16H2,1-5H3/b7-6+/t18-,19+,23-/m0/s1. The third-order valence-electron chi connectivity index (χ3n) is 6.07. The summed E-state index contributed by atoms with van der Waals surface area (Å²) >= 11 is 0. The van der Waals surface area contributed by atoms with E-state index in [1.54, 1.807) is 48.4 Å². The van der Waals surface area contributed by atoms with Gasteiger partial charge in [0.25, 0.3) is 5.91 Å². The Morgan fingerprint density at radius 3 is 2.62 bits per heavy atom. The largest absolute Gasteiger partial charge is 0.472 e. The number of likely N-dealkylation sites (N-methyl/N-ethyl adjacent to an activating group) is 1. The number of carbonyl (C=O) groups is 1. The quantitative estimate of drug-likeness (QED) is 0.645. The number of benzene rings is 1. The molecular weight excluding hydrogens is 454 g/mol. The number of ether oxygens (including phenoxy) is 1. The van der Waals surface area contributed by atoms with Gasteiger partial charge in [-0.1, -0.05) is 36.8 Å². The van der Waals surface area contributed by atoms with E-state index >= 15 is 0 Å². The number of nitrogens with zero attached hydrogens (tertiary/aromatic N) is 3. The summed E-state index contributed by atoms with van der Waals surface area (Å²) < 4.78 is 33.8. The van der Waals surface area contributed by atoms with Gasteiger partial charge in [-0.05, 0) is 44.5 Å². The molecule has 9 heteroatoms. The minimum atomic E-state index is -3.73. The first-order chi connectivity index (χ1) is 16.1. The SMILES string of the molecule is C/C=C/c1cnc2c(c1)C(=O)N([C@H](C)CO)C[C@H](C)[C@H](CN(C)S(=O)(=O)c1ccc(C)cc1)O2. The predicted octanol–water partition coefficient (Wildman–Crippen LogP) is 2.96. The fourth-order valence-electron chi connectivity index (χ4n) is 3.86. The number of aromatic nitrogens is 1. The normalized spacial score (nSPS) is 20.1. The van der Waals surface area contributed by atoms with Gasteiger partial charge in [-0.25, -0.2) is 13.4 Å². The van der Waals surface area contributed by atoms with Crippen LogP contribution in [0.2, 0.25) is 0 Å². The minimum Gasteiger partial charge on any atom is -0.472 e. The minimum absolute atomic E-state index is 0.0741. The van der Waals surface area contributed by atoms with Crippen molar-refractivity contribution in [1.29, 1.82) is 0 Å². The number of carbonyl (C=O) groups excluding carboxylic acids is 1. The second-order valence-electron chi connectivity index (χ2n) is 8.84. The van der Waals surface area contributed by atoms with Gasteiger partial charge in [0.1, 0.15) is 11.7 Å². The maximum absolute atomic E-state index is 13.4. The van der Waals surface area contributed by atoms with Crippen molar-refractivity contribution in [1.82, 2.24) is 14.2 Å². The van der Waals surface area contributed by atoms with Gasteiger partial charge in [0.05, 0.1) is 24.1 Å². The lowest BCUT2D eigenvalue weighted by molar-refractivity contribution is 0.0373. The Bertz CT molecular complexity index is 1150. The Morgan fingerprint density at radius 1 is 1.32 bits per heavy atom. The number of aryl methyl sites for hydroxylation is 1. The molecule has 2 aromatic rings. The fraction of sp³-hybridized carbons (Fsp3) is 0.440. The molecule has 1 aliphatic heterocycles. The molecule has 0 fully saturated rings. The summed E-state index contributed by atoms with van der Waals surface area (Å²) in [5, 5.41) is 9.76. The zero-order valence-corrected chi connectivity index (χ0v) is 21.1. The van der Waals surface area contributed by atoms with Gasteiger partial charge < -0.3 is 14.7 Å². The Kier molecular flexibility index (Phi) is 8.12. The third-order valence-corrected chi connectivity index (χ3v) is 7.91. The van der Waals surface area contributed by atoms with E-state index in [0.29, 0.717) is 6.54 Å². The van der Waals surface area contributed by atoms with Crippen LogP contribution in [0.1, 0.15) is 42.3 Å². The Labute approximate surface area is 201 Å². The molecule has 1 amide bonds. The predicted molar refractivity (Wildman–Crippen MR) is 131 cm³/mol. The van der Waals surface area contributed by atoms with Crippen LogP contribution in [0.25, 0.3) is 6.08 Å². The number of hydrogen-bond donors (Lipinski definition) is 1. The molecule has 1 aromatic heterocycles. The molecular formula is C25H33N3O5S. The molecule has 1 N–H and O–H groups in total. The van der Waals surface area contributed by atoms with Gasteiger partial charge in [-0.15, -0.1) is 0 Å². The second kappa shape index (κ2) is 10.7. The van der Waals surface area contributed by atoms with Crippen LogP contribution in [0.5, 0.6) is 5.88 Å². The third kappa shape index (κ3) is 5.48. The molecule has 2 heterocycles. The van der Waals surface area contributed by atoms with Crippen LogP contribution >= 0.6 is 0 Å². The Balaban J connectivity index is 1.97. The fourth-order valence-corrected chi connectivity index (χ4v) is 5.04. The van der Waals surface area contributed by atoms with Crippen LogP contribution in [-0.2, 0) is 10.0 Å². The van der Waals surface area contributed by atoms with Gasteiger partial charge in [-0.2, -0.15) is 4.31 Å². The molecule has 0 bridgehead atoms. The summed E-state index contributed by atoms with van der Waals surface area (Å²) in [6.45, 7) is 7.64. The number of aliphatic hydroxyl groups excluding tert-OH is 1. The van der Waals surface area contributed by atoms with Crippen LogP contribution in [-0.4, -0.2) is 72.5 Å². The highest BCUT2D eigenvalue weighted by Crippen LogP contribution is 2.28. The Hall–Kier alpha value is -2.75. The highest BCUT2D eigenvalue weighted by molar-refractivity contribution is 7.89. The number of hydrogen-bond acceptors (Lipinski definition) is 6. The highest BCUT2D eigenvalue weighted by atomic mass is 32.2. The maximum Gasteiger partial charge on any atom is 0.259 e. The van der Waals surface area contributed by atoms with E-state index in [9.17, 15) is 18.3 Å². The summed E-state index contributed by atoms with van der Waals surface area (Å²) in [5.41, 5.74) is 2.01. The van der Waals surface area contributed by atoms with E-state index in [-0.39, 0.29) is 41.3 Å². The molecule has 0 radical (unpaired) electrons. The van der Waals surface area contributed by atoms with Crippen LogP contribution in [0, 0.1) is 12.8 Å². The van der Waals surface area contributed by atoms with E-state index in [2.05, 4.69) is 4.98 Å². The van der Waals surface area contributed by atoms with Crippen molar-refractivity contribution < 1.29 is 23.1 Å². The first-order valence-electron chi connectivity index (χ1n) is 11.3. The molecule has 0 aliphatic carbocycles. The summed E-state index contributed by atoms with van der Waals surface area (Å²) in [4.78, 5) is 19.6. The van der Waals surface area contributed by atoms with Gasteiger partial charge in [0.2, 0.25) is 15.9 Å². The number of sulfonamides is 1. The molecule has 184 valence electrons. The van der Waals surface area contributed by atoms with Crippen molar-refractivity contribution in [2.45, 2.75) is 44.7 Å². The van der Waals surface area contributed by atoms with Crippen molar-refractivity contribution in [3.05, 3.63) is 59.3 Å².